The number of ether oxygens (including phenoxy) is 1. The quantitative estimate of drug-likeness (QED) is 0.608. The number of likely N-dealkylation sites (tertiary alicyclic amines) is 1. The number of benzene rings is 1. The van der Waals surface area contributed by atoms with Crippen LogP contribution in [0.5, 0.6) is 5.75 Å². The summed E-state index contributed by atoms with van der Waals surface area (Å²) in [5.74, 6) is 1.63. The molecule has 6 heteroatoms. The number of imide groups is 1. The highest BCUT2D eigenvalue weighted by atomic mass is 16.5. The third kappa shape index (κ3) is 2.65. The van der Waals surface area contributed by atoms with Crippen molar-refractivity contribution >= 4 is 23.4 Å². The van der Waals surface area contributed by atoms with Crippen molar-refractivity contribution in [2.24, 2.45) is 35.5 Å². The van der Waals surface area contributed by atoms with Crippen molar-refractivity contribution < 1.29 is 19.1 Å². The largest absolute Gasteiger partial charge is 0.494 e. The molecule has 0 radical (unpaired) electrons. The second-order valence-electron chi connectivity index (χ2n) is 8.24. The molecule has 6 nitrogen and oxygen atoms in total. The van der Waals surface area contributed by atoms with E-state index < -0.39 is 0 Å². The second kappa shape index (κ2) is 6.47. The zero-order chi connectivity index (χ0) is 19.4. The van der Waals surface area contributed by atoms with Crippen LogP contribution in [0.15, 0.2) is 36.4 Å². The first-order valence-electron chi connectivity index (χ1n) is 10.1. The number of amides is 3. The summed E-state index contributed by atoms with van der Waals surface area (Å²) in [6.45, 7) is 2.66. The van der Waals surface area contributed by atoms with Crippen molar-refractivity contribution in [1.82, 2.24) is 4.90 Å². The zero-order valence-corrected chi connectivity index (χ0v) is 15.8. The standard InChI is InChI=1S/C22H24N2O4/c1-2-28-13-5-3-12(4-6-13)23-18(25)9-10-24-21(26)19-14-7-8-15(17-11-16(14)17)20(19)22(24)27/h3-8,14-17,19-20H,2,9-11H2,1H3,(H,23,25)/t14-,15-,16-,17-,19+,20+/m0/s1. The molecule has 0 aromatic heterocycles. The molecular formula is C22H24N2O4. The fraction of sp³-hybridized carbons (Fsp3) is 0.500. The molecule has 5 aliphatic rings. The van der Waals surface area contributed by atoms with Gasteiger partial charge in [0.15, 0.2) is 0 Å². The maximum absolute atomic E-state index is 12.9. The van der Waals surface area contributed by atoms with Crippen molar-refractivity contribution in [1.29, 1.82) is 0 Å². The fourth-order valence-electron chi connectivity index (χ4n) is 5.48. The Morgan fingerprint density at radius 2 is 1.68 bits per heavy atom. The maximum atomic E-state index is 12.9. The lowest BCUT2D eigenvalue weighted by Crippen LogP contribution is -2.40. The van der Waals surface area contributed by atoms with E-state index in [0.29, 0.717) is 24.1 Å². The molecule has 2 saturated carbocycles. The Kier molecular flexibility index (Phi) is 4.03. The van der Waals surface area contributed by atoms with Gasteiger partial charge in [0.2, 0.25) is 17.7 Å². The lowest BCUT2D eigenvalue weighted by atomic mass is 9.63. The Balaban J connectivity index is 1.20. The number of carbonyl (C=O) groups excluding carboxylic acids is 3. The highest BCUT2D eigenvalue weighted by Crippen LogP contribution is 2.65. The summed E-state index contributed by atoms with van der Waals surface area (Å²) in [6.07, 6.45) is 5.58. The molecule has 6 rings (SSSR count). The minimum Gasteiger partial charge on any atom is -0.494 e. The lowest BCUT2D eigenvalue weighted by Gasteiger charge is -2.37. The van der Waals surface area contributed by atoms with E-state index in [1.165, 1.54) is 4.90 Å². The minimum atomic E-state index is -0.205. The highest BCUT2D eigenvalue weighted by Gasteiger charge is 2.66. The van der Waals surface area contributed by atoms with Gasteiger partial charge in [-0.25, -0.2) is 0 Å². The Morgan fingerprint density at radius 3 is 2.25 bits per heavy atom. The van der Waals surface area contributed by atoms with Crippen molar-refractivity contribution in [2.45, 2.75) is 19.8 Å². The Bertz CT molecular complexity index is 826. The molecule has 1 N–H and O–H groups in total. The molecule has 0 spiro atoms. The molecule has 28 heavy (non-hydrogen) atoms. The van der Waals surface area contributed by atoms with Crippen molar-refractivity contribution in [3.8, 4) is 5.75 Å². The summed E-state index contributed by atoms with van der Waals surface area (Å²) in [4.78, 5) is 39.4. The van der Waals surface area contributed by atoms with E-state index in [9.17, 15) is 14.4 Å². The second-order valence-corrected chi connectivity index (χ2v) is 8.24. The van der Waals surface area contributed by atoms with E-state index in [2.05, 4.69) is 17.5 Å². The van der Waals surface area contributed by atoms with Crippen molar-refractivity contribution in [2.75, 3.05) is 18.5 Å². The third-order valence-corrected chi connectivity index (χ3v) is 6.77. The Morgan fingerprint density at radius 1 is 1.07 bits per heavy atom. The summed E-state index contributed by atoms with van der Waals surface area (Å²) in [7, 11) is 0. The van der Waals surface area contributed by atoms with E-state index >= 15 is 0 Å². The van der Waals surface area contributed by atoms with Crippen molar-refractivity contribution in [3.63, 3.8) is 0 Å². The van der Waals surface area contributed by atoms with Gasteiger partial charge in [-0.2, -0.15) is 0 Å². The molecule has 1 saturated heterocycles. The highest BCUT2D eigenvalue weighted by molar-refractivity contribution is 6.06. The first kappa shape index (κ1) is 17.5. The summed E-state index contributed by atoms with van der Waals surface area (Å²) >= 11 is 0. The molecule has 1 aromatic carbocycles. The van der Waals surface area contributed by atoms with Crippen LogP contribution in [0.25, 0.3) is 0 Å². The number of hydrogen-bond acceptors (Lipinski definition) is 4. The van der Waals surface area contributed by atoms with Gasteiger partial charge in [0, 0.05) is 18.7 Å². The van der Waals surface area contributed by atoms with E-state index in [0.717, 1.165) is 12.2 Å². The average molecular weight is 380 g/mol. The van der Waals surface area contributed by atoms with Crippen LogP contribution >= 0.6 is 0 Å². The number of hydrogen-bond donors (Lipinski definition) is 1. The molecule has 3 amide bonds. The monoisotopic (exact) mass is 380 g/mol. The number of rotatable bonds is 6. The zero-order valence-electron chi connectivity index (χ0n) is 15.8. The first-order valence-corrected chi connectivity index (χ1v) is 10.1. The SMILES string of the molecule is CCOc1ccc(NC(=O)CCN2C(=O)[C@@H]3[C@H]4C=C[C@@H]([C@@H]5C[C@@H]45)[C@H]3C2=O)cc1. The van der Waals surface area contributed by atoms with Crippen LogP contribution < -0.4 is 10.1 Å². The van der Waals surface area contributed by atoms with E-state index in [4.69, 9.17) is 4.74 Å². The summed E-state index contributed by atoms with van der Waals surface area (Å²) in [6, 6.07) is 7.15. The number of nitrogens with zero attached hydrogens (tertiary/aromatic N) is 1. The molecule has 1 aliphatic heterocycles. The number of carbonyl (C=O) groups is 3. The van der Waals surface area contributed by atoms with E-state index in [-0.39, 0.29) is 54.4 Å². The molecule has 3 fully saturated rings. The molecule has 2 bridgehead atoms. The van der Waals surface area contributed by atoms with Gasteiger partial charge in [-0.1, -0.05) is 12.2 Å². The van der Waals surface area contributed by atoms with Gasteiger partial charge < -0.3 is 10.1 Å². The van der Waals surface area contributed by atoms with Crippen LogP contribution in [0, 0.1) is 35.5 Å². The smallest absolute Gasteiger partial charge is 0.233 e. The topological polar surface area (TPSA) is 75.7 Å². The summed E-state index contributed by atoms with van der Waals surface area (Å²) < 4.78 is 5.38. The van der Waals surface area contributed by atoms with Crippen LogP contribution in [0.1, 0.15) is 19.8 Å². The molecule has 0 unspecified atom stereocenters. The van der Waals surface area contributed by atoms with Crippen LogP contribution in [0.2, 0.25) is 0 Å². The molecule has 6 atom stereocenters. The van der Waals surface area contributed by atoms with Gasteiger partial charge in [-0.05, 0) is 61.3 Å². The van der Waals surface area contributed by atoms with Crippen LogP contribution in [0.4, 0.5) is 5.69 Å². The first-order chi connectivity index (χ1) is 13.6. The van der Waals surface area contributed by atoms with Gasteiger partial charge >= 0.3 is 0 Å². The minimum absolute atomic E-state index is 0.0754. The van der Waals surface area contributed by atoms with Crippen LogP contribution in [-0.4, -0.2) is 35.8 Å². The maximum Gasteiger partial charge on any atom is 0.233 e. The van der Waals surface area contributed by atoms with Crippen molar-refractivity contribution in [3.05, 3.63) is 36.4 Å². The predicted molar refractivity (Wildman–Crippen MR) is 102 cm³/mol. The third-order valence-electron chi connectivity index (χ3n) is 6.77. The lowest BCUT2D eigenvalue weighted by molar-refractivity contribution is -0.140. The molecule has 146 valence electrons. The van der Waals surface area contributed by atoms with Gasteiger partial charge in [0.05, 0.1) is 18.4 Å². The Hall–Kier alpha value is -2.63. The molecule has 1 heterocycles. The Labute approximate surface area is 163 Å². The normalized spacial score (nSPS) is 34.2. The molecule has 1 aromatic rings. The number of anilines is 1. The van der Waals surface area contributed by atoms with Gasteiger partial charge in [0.25, 0.3) is 0 Å². The summed E-state index contributed by atoms with van der Waals surface area (Å²) in [5, 5.41) is 2.82. The summed E-state index contributed by atoms with van der Waals surface area (Å²) in [5.41, 5.74) is 0.670. The van der Waals surface area contributed by atoms with E-state index in [1.807, 2.05) is 6.92 Å². The van der Waals surface area contributed by atoms with Crippen LogP contribution in [-0.2, 0) is 14.4 Å². The molecule has 4 aliphatic carbocycles. The molecular weight excluding hydrogens is 356 g/mol. The average Bonchev–Trinajstić information content (AvgIpc) is 3.47. The predicted octanol–water partition coefficient (Wildman–Crippen LogP) is 2.47. The van der Waals surface area contributed by atoms with E-state index in [1.54, 1.807) is 24.3 Å². The van der Waals surface area contributed by atoms with Gasteiger partial charge in [-0.15, -0.1) is 0 Å². The number of nitrogens with one attached hydrogen (secondary N) is 1. The van der Waals surface area contributed by atoms with Gasteiger partial charge in [-0.3, -0.25) is 19.3 Å². The fourth-order valence-corrected chi connectivity index (χ4v) is 5.48. The van der Waals surface area contributed by atoms with Crippen LogP contribution in [0.3, 0.4) is 0 Å². The number of allylic oxidation sites excluding steroid dienone is 2. The van der Waals surface area contributed by atoms with Gasteiger partial charge in [0.1, 0.15) is 5.75 Å².